The third kappa shape index (κ3) is 3.06. The van der Waals surface area contributed by atoms with Crippen molar-refractivity contribution in [3.63, 3.8) is 0 Å². The standard InChI is InChI=1S/C13H15ClFN/c14-12-9-11(3-4-13(12)15)8-10-2-1-6-16-7-5-10/h3-4,8-9,16H,1-2,5-7H2/b10-8-. The van der Waals surface area contributed by atoms with Crippen molar-refractivity contribution in [3.05, 3.63) is 40.2 Å². The van der Waals surface area contributed by atoms with E-state index in [-0.39, 0.29) is 10.8 Å². The second kappa shape index (κ2) is 5.46. The lowest BCUT2D eigenvalue weighted by molar-refractivity contribution is 0.628. The molecule has 1 aliphatic rings. The molecule has 1 N–H and O–H groups in total. The van der Waals surface area contributed by atoms with Gasteiger partial charge in [0.2, 0.25) is 0 Å². The summed E-state index contributed by atoms with van der Waals surface area (Å²) in [6, 6.07) is 4.87. The number of hydrogen-bond acceptors (Lipinski definition) is 1. The van der Waals surface area contributed by atoms with Gasteiger partial charge in [0.1, 0.15) is 5.82 Å². The highest BCUT2D eigenvalue weighted by Crippen LogP contribution is 2.21. The molecule has 0 amide bonds. The molecule has 0 aliphatic carbocycles. The molecule has 0 atom stereocenters. The molecule has 0 unspecified atom stereocenters. The SMILES string of the molecule is Fc1ccc(/C=C2/CCCNCC2)cc1Cl. The maximum atomic E-state index is 13.0. The summed E-state index contributed by atoms with van der Waals surface area (Å²) in [5, 5.41) is 3.55. The van der Waals surface area contributed by atoms with Crippen LogP contribution in [0.3, 0.4) is 0 Å². The van der Waals surface area contributed by atoms with Crippen LogP contribution in [-0.4, -0.2) is 13.1 Å². The van der Waals surface area contributed by atoms with Gasteiger partial charge in [0, 0.05) is 0 Å². The Kier molecular flexibility index (Phi) is 3.97. The zero-order valence-electron chi connectivity index (χ0n) is 9.10. The Balaban J connectivity index is 2.17. The molecule has 86 valence electrons. The Morgan fingerprint density at radius 2 is 2.12 bits per heavy atom. The summed E-state index contributed by atoms with van der Waals surface area (Å²) in [4.78, 5) is 0. The zero-order chi connectivity index (χ0) is 11.4. The first-order valence-corrected chi connectivity index (χ1v) is 5.99. The van der Waals surface area contributed by atoms with Gasteiger partial charge >= 0.3 is 0 Å². The fraction of sp³-hybridized carbons (Fsp3) is 0.385. The van der Waals surface area contributed by atoms with E-state index in [1.807, 2.05) is 0 Å². The van der Waals surface area contributed by atoms with Crippen LogP contribution in [0.2, 0.25) is 5.02 Å². The summed E-state index contributed by atoms with van der Waals surface area (Å²) in [6.07, 6.45) is 5.47. The topological polar surface area (TPSA) is 12.0 Å². The second-order valence-electron chi connectivity index (χ2n) is 4.08. The van der Waals surface area contributed by atoms with Crippen molar-refractivity contribution in [3.8, 4) is 0 Å². The highest BCUT2D eigenvalue weighted by molar-refractivity contribution is 6.30. The van der Waals surface area contributed by atoms with E-state index in [0.29, 0.717) is 0 Å². The largest absolute Gasteiger partial charge is 0.316 e. The molecule has 2 rings (SSSR count). The zero-order valence-corrected chi connectivity index (χ0v) is 9.86. The lowest BCUT2D eigenvalue weighted by atomic mass is 10.0. The van der Waals surface area contributed by atoms with Gasteiger partial charge in [-0.25, -0.2) is 4.39 Å². The van der Waals surface area contributed by atoms with E-state index >= 15 is 0 Å². The lowest BCUT2D eigenvalue weighted by Crippen LogP contribution is -2.13. The highest BCUT2D eigenvalue weighted by atomic mass is 35.5. The first kappa shape index (κ1) is 11.6. The average molecular weight is 240 g/mol. The highest BCUT2D eigenvalue weighted by Gasteiger charge is 2.04. The number of nitrogens with one attached hydrogen (secondary N) is 1. The molecular weight excluding hydrogens is 225 g/mol. The molecule has 1 aromatic carbocycles. The molecule has 1 fully saturated rings. The molecule has 1 aliphatic heterocycles. The normalized spacial score (nSPS) is 19.8. The third-order valence-electron chi connectivity index (χ3n) is 2.79. The van der Waals surface area contributed by atoms with Gasteiger partial charge in [-0.15, -0.1) is 0 Å². The van der Waals surface area contributed by atoms with Gasteiger partial charge in [-0.1, -0.05) is 29.3 Å². The van der Waals surface area contributed by atoms with E-state index in [1.54, 1.807) is 12.1 Å². The smallest absolute Gasteiger partial charge is 0.141 e. The molecule has 1 saturated heterocycles. The van der Waals surface area contributed by atoms with Crippen LogP contribution >= 0.6 is 11.6 Å². The van der Waals surface area contributed by atoms with Crippen molar-refractivity contribution in [1.29, 1.82) is 0 Å². The van der Waals surface area contributed by atoms with Crippen molar-refractivity contribution < 1.29 is 4.39 Å². The number of benzene rings is 1. The molecule has 0 spiro atoms. The predicted octanol–water partition coefficient (Wildman–Crippen LogP) is 3.64. The van der Waals surface area contributed by atoms with Crippen LogP contribution in [0.25, 0.3) is 6.08 Å². The van der Waals surface area contributed by atoms with Crippen LogP contribution in [0.4, 0.5) is 4.39 Å². The van der Waals surface area contributed by atoms with Crippen LogP contribution in [-0.2, 0) is 0 Å². The molecule has 1 aromatic rings. The van der Waals surface area contributed by atoms with Crippen molar-refractivity contribution >= 4 is 17.7 Å². The monoisotopic (exact) mass is 239 g/mol. The Bertz CT molecular complexity index is 391. The maximum absolute atomic E-state index is 13.0. The van der Waals surface area contributed by atoms with Crippen molar-refractivity contribution in [2.75, 3.05) is 13.1 Å². The molecule has 0 radical (unpaired) electrons. The Morgan fingerprint density at radius 1 is 1.25 bits per heavy atom. The van der Waals surface area contributed by atoms with Crippen LogP contribution < -0.4 is 5.32 Å². The predicted molar refractivity (Wildman–Crippen MR) is 66.1 cm³/mol. The first-order chi connectivity index (χ1) is 7.75. The fourth-order valence-electron chi connectivity index (χ4n) is 1.92. The molecule has 0 bridgehead atoms. The number of rotatable bonds is 1. The van der Waals surface area contributed by atoms with E-state index in [1.165, 1.54) is 18.1 Å². The molecule has 1 nitrogen and oxygen atoms in total. The molecule has 16 heavy (non-hydrogen) atoms. The van der Waals surface area contributed by atoms with Crippen LogP contribution in [0.15, 0.2) is 23.8 Å². The van der Waals surface area contributed by atoms with Crippen molar-refractivity contribution in [1.82, 2.24) is 5.32 Å². The van der Waals surface area contributed by atoms with Gasteiger partial charge in [0.15, 0.2) is 0 Å². The van der Waals surface area contributed by atoms with Crippen molar-refractivity contribution in [2.45, 2.75) is 19.3 Å². The third-order valence-corrected chi connectivity index (χ3v) is 3.08. The summed E-state index contributed by atoms with van der Waals surface area (Å²) in [7, 11) is 0. The maximum Gasteiger partial charge on any atom is 0.141 e. The Morgan fingerprint density at radius 3 is 2.94 bits per heavy atom. The summed E-state index contributed by atoms with van der Waals surface area (Å²) in [6.45, 7) is 2.11. The number of hydrogen-bond donors (Lipinski definition) is 1. The second-order valence-corrected chi connectivity index (χ2v) is 4.49. The van der Waals surface area contributed by atoms with E-state index in [9.17, 15) is 4.39 Å². The lowest BCUT2D eigenvalue weighted by Gasteiger charge is -2.03. The van der Waals surface area contributed by atoms with E-state index in [2.05, 4.69) is 11.4 Å². The summed E-state index contributed by atoms with van der Waals surface area (Å²) < 4.78 is 13.0. The van der Waals surface area contributed by atoms with Gasteiger partial charge in [-0.2, -0.15) is 0 Å². The summed E-state index contributed by atoms with van der Waals surface area (Å²) in [5.41, 5.74) is 2.40. The molecule has 1 heterocycles. The summed E-state index contributed by atoms with van der Waals surface area (Å²) in [5.74, 6) is -0.355. The van der Waals surface area contributed by atoms with Gasteiger partial charge < -0.3 is 5.32 Å². The Labute approximate surface area is 100 Å². The fourth-order valence-corrected chi connectivity index (χ4v) is 2.11. The minimum Gasteiger partial charge on any atom is -0.316 e. The van der Waals surface area contributed by atoms with Crippen LogP contribution in [0.1, 0.15) is 24.8 Å². The van der Waals surface area contributed by atoms with E-state index in [4.69, 9.17) is 11.6 Å². The number of halogens is 2. The molecule has 0 aromatic heterocycles. The minimum atomic E-state index is -0.355. The average Bonchev–Trinajstić information content (AvgIpc) is 2.52. The molecule has 3 heteroatoms. The van der Waals surface area contributed by atoms with Crippen molar-refractivity contribution in [2.24, 2.45) is 0 Å². The quantitative estimate of drug-likeness (QED) is 0.789. The molecular formula is C13H15ClFN. The summed E-state index contributed by atoms with van der Waals surface area (Å²) >= 11 is 5.75. The van der Waals surface area contributed by atoms with Crippen LogP contribution in [0.5, 0.6) is 0 Å². The van der Waals surface area contributed by atoms with Gasteiger partial charge in [0.25, 0.3) is 0 Å². The van der Waals surface area contributed by atoms with E-state index in [0.717, 1.165) is 31.5 Å². The minimum absolute atomic E-state index is 0.195. The van der Waals surface area contributed by atoms with Gasteiger partial charge in [-0.3, -0.25) is 0 Å². The van der Waals surface area contributed by atoms with Gasteiger partial charge in [0.05, 0.1) is 5.02 Å². The van der Waals surface area contributed by atoms with Gasteiger partial charge in [-0.05, 0) is 50.0 Å². The van der Waals surface area contributed by atoms with Crippen LogP contribution in [0, 0.1) is 5.82 Å². The Hall–Kier alpha value is -0.860. The molecule has 0 saturated carbocycles. The first-order valence-electron chi connectivity index (χ1n) is 5.61. The van der Waals surface area contributed by atoms with E-state index < -0.39 is 0 Å².